The molecule has 3 nitrogen and oxygen atoms in total. The first-order valence-electron chi connectivity index (χ1n) is 7.76. The molecule has 0 saturated carbocycles. The fourth-order valence-electron chi connectivity index (χ4n) is 3.00. The van der Waals surface area contributed by atoms with Crippen LogP contribution in [0, 0.1) is 5.41 Å². The Morgan fingerprint density at radius 2 is 1.96 bits per heavy atom. The van der Waals surface area contributed by atoms with Crippen LogP contribution < -0.4 is 5.73 Å². The molecule has 128 valence electrons. The number of piperidine rings is 1. The molecule has 1 aliphatic heterocycles. The number of amides is 1. The molecular formula is C17H23F3N2O. The summed E-state index contributed by atoms with van der Waals surface area (Å²) in [5, 5.41) is 0. The summed E-state index contributed by atoms with van der Waals surface area (Å²) in [4.78, 5) is 13.9. The number of nitrogens with two attached hydrogens (primary N) is 1. The highest BCUT2D eigenvalue weighted by Gasteiger charge is 2.43. The number of benzene rings is 1. The van der Waals surface area contributed by atoms with Gasteiger partial charge in [0.15, 0.2) is 0 Å². The molecule has 2 N–H and O–H groups in total. The van der Waals surface area contributed by atoms with Gasteiger partial charge in [0.2, 0.25) is 5.91 Å². The first-order valence-corrected chi connectivity index (χ1v) is 7.76. The van der Waals surface area contributed by atoms with E-state index in [1.807, 2.05) is 13.8 Å². The lowest BCUT2D eigenvalue weighted by Crippen LogP contribution is -2.54. The van der Waals surface area contributed by atoms with Crippen molar-refractivity contribution >= 4 is 5.91 Å². The van der Waals surface area contributed by atoms with Gasteiger partial charge in [0.25, 0.3) is 0 Å². The predicted molar refractivity (Wildman–Crippen MR) is 82.8 cm³/mol. The van der Waals surface area contributed by atoms with E-state index in [0.717, 1.165) is 0 Å². The van der Waals surface area contributed by atoms with Gasteiger partial charge in [0, 0.05) is 25.6 Å². The normalized spacial score (nSPS) is 22.7. The van der Waals surface area contributed by atoms with Gasteiger partial charge in [-0.05, 0) is 17.4 Å². The lowest BCUT2D eigenvalue weighted by molar-refractivity contribution is -0.161. The largest absolute Gasteiger partial charge is 0.396 e. The van der Waals surface area contributed by atoms with Gasteiger partial charge < -0.3 is 10.6 Å². The number of hydrogen-bond acceptors (Lipinski definition) is 2. The highest BCUT2D eigenvalue weighted by molar-refractivity contribution is 5.77. The van der Waals surface area contributed by atoms with Crippen LogP contribution in [0.2, 0.25) is 0 Å². The van der Waals surface area contributed by atoms with Crippen molar-refractivity contribution in [3.05, 3.63) is 35.9 Å². The Hall–Kier alpha value is -1.56. The minimum atomic E-state index is -4.45. The van der Waals surface area contributed by atoms with Gasteiger partial charge in [-0.1, -0.05) is 44.2 Å². The van der Waals surface area contributed by atoms with Gasteiger partial charge in [-0.15, -0.1) is 0 Å². The van der Waals surface area contributed by atoms with Crippen LogP contribution in [0.15, 0.2) is 30.3 Å². The fourth-order valence-corrected chi connectivity index (χ4v) is 3.00. The summed E-state index contributed by atoms with van der Waals surface area (Å²) in [7, 11) is 0. The van der Waals surface area contributed by atoms with Crippen molar-refractivity contribution in [3.63, 3.8) is 0 Å². The van der Waals surface area contributed by atoms with Crippen LogP contribution in [0.1, 0.15) is 38.2 Å². The second-order valence-electron chi connectivity index (χ2n) is 6.91. The Balaban J connectivity index is 2.13. The van der Waals surface area contributed by atoms with Crippen molar-refractivity contribution in [1.29, 1.82) is 0 Å². The molecule has 1 fully saturated rings. The lowest BCUT2D eigenvalue weighted by atomic mass is 9.79. The highest BCUT2D eigenvalue weighted by Crippen LogP contribution is 2.38. The molecule has 0 aromatic heterocycles. The zero-order valence-corrected chi connectivity index (χ0v) is 13.4. The molecule has 1 aromatic carbocycles. The lowest BCUT2D eigenvalue weighted by Gasteiger charge is -2.43. The molecule has 0 bridgehead atoms. The minimum absolute atomic E-state index is 0.0425. The topological polar surface area (TPSA) is 46.3 Å². The Bertz CT molecular complexity index is 543. The van der Waals surface area contributed by atoms with E-state index in [-0.39, 0.29) is 17.0 Å². The van der Waals surface area contributed by atoms with Crippen LogP contribution in [0.3, 0.4) is 0 Å². The zero-order valence-electron chi connectivity index (χ0n) is 13.4. The second-order valence-corrected chi connectivity index (χ2v) is 6.91. The fraction of sp³-hybridized carbons (Fsp3) is 0.588. The van der Waals surface area contributed by atoms with E-state index in [4.69, 9.17) is 5.73 Å². The Morgan fingerprint density at radius 3 is 2.48 bits per heavy atom. The molecule has 2 rings (SSSR count). The van der Waals surface area contributed by atoms with Crippen LogP contribution in [0.5, 0.6) is 0 Å². The van der Waals surface area contributed by atoms with Crippen molar-refractivity contribution < 1.29 is 18.0 Å². The maximum Gasteiger partial charge on any atom is 0.396 e. The molecule has 0 spiro atoms. The molecule has 0 radical (unpaired) electrons. The van der Waals surface area contributed by atoms with Crippen LogP contribution >= 0.6 is 0 Å². The smallest absolute Gasteiger partial charge is 0.342 e. The molecule has 23 heavy (non-hydrogen) atoms. The van der Waals surface area contributed by atoms with E-state index in [1.54, 1.807) is 18.2 Å². The van der Waals surface area contributed by atoms with E-state index in [0.29, 0.717) is 19.5 Å². The number of carbonyl (C=O) groups excluding carboxylic acids is 1. The van der Waals surface area contributed by atoms with Crippen LogP contribution in [0.4, 0.5) is 13.2 Å². The number of nitrogens with zero attached hydrogens (tertiary/aromatic N) is 1. The van der Waals surface area contributed by atoms with Gasteiger partial charge in [0.05, 0.1) is 5.92 Å². The molecule has 6 heteroatoms. The van der Waals surface area contributed by atoms with Gasteiger partial charge in [-0.25, -0.2) is 0 Å². The summed E-state index contributed by atoms with van der Waals surface area (Å²) in [5.41, 5.74) is 5.86. The molecule has 2 unspecified atom stereocenters. The summed E-state index contributed by atoms with van der Waals surface area (Å²) in [6.07, 6.45) is -4.39. The van der Waals surface area contributed by atoms with Crippen molar-refractivity contribution in [2.45, 2.75) is 44.8 Å². The molecule has 1 amide bonds. The number of rotatable bonds is 3. The van der Waals surface area contributed by atoms with Gasteiger partial charge >= 0.3 is 6.18 Å². The maximum atomic E-state index is 13.4. The third kappa shape index (κ3) is 4.25. The van der Waals surface area contributed by atoms with Crippen LogP contribution in [-0.2, 0) is 4.79 Å². The summed E-state index contributed by atoms with van der Waals surface area (Å²) in [6, 6.07) is 7.57. The molecular weight excluding hydrogens is 305 g/mol. The number of likely N-dealkylation sites (tertiary alicyclic amines) is 1. The highest BCUT2D eigenvalue weighted by atomic mass is 19.4. The summed E-state index contributed by atoms with van der Waals surface area (Å²) in [6.45, 7) is 4.69. The van der Waals surface area contributed by atoms with E-state index in [2.05, 4.69) is 0 Å². The Morgan fingerprint density at radius 1 is 1.35 bits per heavy atom. The molecule has 1 saturated heterocycles. The molecule has 1 aromatic rings. The van der Waals surface area contributed by atoms with Crippen LogP contribution in [0.25, 0.3) is 0 Å². The summed E-state index contributed by atoms with van der Waals surface area (Å²) >= 11 is 0. The molecule has 1 aliphatic rings. The van der Waals surface area contributed by atoms with E-state index < -0.39 is 24.4 Å². The van der Waals surface area contributed by atoms with E-state index in [1.165, 1.54) is 17.0 Å². The monoisotopic (exact) mass is 328 g/mol. The van der Waals surface area contributed by atoms with E-state index >= 15 is 0 Å². The van der Waals surface area contributed by atoms with E-state index in [9.17, 15) is 18.0 Å². The Labute approximate surface area is 134 Å². The van der Waals surface area contributed by atoms with Crippen molar-refractivity contribution in [2.75, 3.05) is 13.1 Å². The molecule has 0 aliphatic carbocycles. The first kappa shape index (κ1) is 17.8. The average Bonchev–Trinajstić information content (AvgIpc) is 2.47. The number of hydrogen-bond donors (Lipinski definition) is 1. The average molecular weight is 328 g/mol. The van der Waals surface area contributed by atoms with Gasteiger partial charge in [-0.2, -0.15) is 13.2 Å². The third-order valence-corrected chi connectivity index (χ3v) is 4.64. The number of carbonyl (C=O) groups is 1. The molecule has 1 heterocycles. The van der Waals surface area contributed by atoms with Gasteiger partial charge in [0.1, 0.15) is 0 Å². The maximum absolute atomic E-state index is 13.4. The molecule has 2 atom stereocenters. The first-order chi connectivity index (χ1) is 10.6. The summed E-state index contributed by atoms with van der Waals surface area (Å²) < 4.78 is 40.1. The standard InChI is InChI=1S/C17H23F3N2O/c1-16(2)11-22(9-8-14(16)21)15(23)10-13(17(18,19)20)12-6-4-3-5-7-12/h3-7,13-14H,8-11,21H2,1-2H3. The predicted octanol–water partition coefficient (Wildman–Crippen LogP) is 3.31. The second kappa shape index (κ2) is 6.51. The van der Waals surface area contributed by atoms with Crippen molar-refractivity contribution in [1.82, 2.24) is 4.90 Å². The van der Waals surface area contributed by atoms with Crippen molar-refractivity contribution in [3.8, 4) is 0 Å². The summed E-state index contributed by atoms with van der Waals surface area (Å²) in [5.74, 6) is -2.23. The minimum Gasteiger partial charge on any atom is -0.342 e. The zero-order chi connectivity index (χ0) is 17.3. The SMILES string of the molecule is CC1(C)CN(C(=O)CC(c2ccccc2)C(F)(F)F)CCC1N. The Kier molecular flexibility index (Phi) is 5.04. The quantitative estimate of drug-likeness (QED) is 0.925. The van der Waals surface area contributed by atoms with Crippen molar-refractivity contribution in [2.24, 2.45) is 11.1 Å². The van der Waals surface area contributed by atoms with Crippen LogP contribution in [-0.4, -0.2) is 36.1 Å². The van der Waals surface area contributed by atoms with Gasteiger partial charge in [-0.3, -0.25) is 4.79 Å². The number of alkyl halides is 3. The third-order valence-electron chi connectivity index (χ3n) is 4.64. The number of halogens is 3.